The molecule has 0 amide bonds. The number of likely N-dealkylation sites (N-methyl/N-ethyl adjacent to an activating group) is 1. The molecule has 0 spiro atoms. The zero-order valence-corrected chi connectivity index (χ0v) is 8.83. The topological polar surface area (TPSA) is 3.24 Å². The van der Waals surface area contributed by atoms with Gasteiger partial charge in [0.25, 0.3) is 0 Å². The summed E-state index contributed by atoms with van der Waals surface area (Å²) in [5, 5.41) is 0. The molecule has 0 radical (unpaired) electrons. The lowest BCUT2D eigenvalue weighted by Crippen LogP contribution is -3.00. The van der Waals surface area contributed by atoms with Crippen molar-refractivity contribution in [3.05, 3.63) is 24.4 Å². The number of halogens is 2. The van der Waals surface area contributed by atoms with Gasteiger partial charge in [-0.05, 0) is 6.08 Å². The first-order valence-corrected chi connectivity index (χ1v) is 3.43. The van der Waals surface area contributed by atoms with Crippen LogP contribution in [0.3, 0.4) is 0 Å². The van der Waals surface area contributed by atoms with E-state index in [-0.39, 0.29) is 24.0 Å². The summed E-state index contributed by atoms with van der Waals surface area (Å²) >= 11 is 3.44. The summed E-state index contributed by atoms with van der Waals surface area (Å²) in [6, 6.07) is 0. The molecule has 0 aromatic heterocycles. The zero-order chi connectivity index (χ0) is 5.98. The molecule has 1 nitrogen and oxygen atoms in total. The Morgan fingerprint density at radius 1 is 1.44 bits per heavy atom. The maximum Gasteiger partial charge on any atom is 0.103 e. The van der Waals surface area contributed by atoms with Crippen LogP contribution in [0.2, 0.25) is 0 Å². The smallest absolute Gasteiger partial charge is 0.103 e. The molecule has 0 N–H and O–H groups in total. The van der Waals surface area contributed by atoms with Gasteiger partial charge in [-0.3, -0.25) is 0 Å². The number of hydrogen-bond acceptors (Lipinski definition) is 1. The van der Waals surface area contributed by atoms with Crippen molar-refractivity contribution in [1.29, 1.82) is 0 Å². The highest BCUT2D eigenvalue weighted by Crippen LogP contribution is 2.10. The summed E-state index contributed by atoms with van der Waals surface area (Å²) < 4.78 is 0. The van der Waals surface area contributed by atoms with Crippen LogP contribution in [0.15, 0.2) is 24.4 Å². The van der Waals surface area contributed by atoms with Crippen molar-refractivity contribution in [3.63, 3.8) is 0 Å². The van der Waals surface area contributed by atoms with E-state index < -0.39 is 0 Å². The normalized spacial score (nSPS) is 23.8. The van der Waals surface area contributed by atoms with Gasteiger partial charge in [-0.25, -0.2) is 0 Å². The molecule has 1 aliphatic heterocycles. The monoisotopic (exact) mass is 300 g/mol. The number of allylic oxidation sites excluding steroid dienone is 2. The lowest BCUT2D eigenvalue weighted by atomic mass is 10.4. The lowest BCUT2D eigenvalue weighted by Gasteiger charge is -2.19. The van der Waals surface area contributed by atoms with Gasteiger partial charge in [-0.2, -0.15) is 0 Å². The second-order valence-electron chi connectivity index (χ2n) is 1.76. The quantitative estimate of drug-likeness (QED) is 0.306. The van der Waals surface area contributed by atoms with E-state index in [0.29, 0.717) is 4.95 Å². The van der Waals surface area contributed by atoms with Gasteiger partial charge in [0.1, 0.15) is 4.95 Å². The maximum atomic E-state index is 3.44. The molecule has 0 aromatic carbocycles. The van der Waals surface area contributed by atoms with Crippen molar-refractivity contribution < 1.29 is 24.0 Å². The summed E-state index contributed by atoms with van der Waals surface area (Å²) in [5.74, 6) is 0. The first kappa shape index (κ1) is 9.49. The minimum absolute atomic E-state index is 0. The molecule has 1 heterocycles. The highest BCUT2D eigenvalue weighted by atomic mass is 127. The zero-order valence-electron chi connectivity index (χ0n) is 5.09. The maximum absolute atomic E-state index is 3.44. The average molecular weight is 301 g/mol. The van der Waals surface area contributed by atoms with Crippen molar-refractivity contribution in [2.45, 2.75) is 4.95 Å². The van der Waals surface area contributed by atoms with Crippen molar-refractivity contribution in [1.82, 2.24) is 4.90 Å². The molecule has 0 fully saturated rings. The van der Waals surface area contributed by atoms with Gasteiger partial charge < -0.3 is 28.9 Å². The number of rotatable bonds is 0. The van der Waals surface area contributed by atoms with Crippen molar-refractivity contribution >= 4 is 15.9 Å². The predicted octanol–water partition coefficient (Wildman–Crippen LogP) is -1.27. The van der Waals surface area contributed by atoms with Gasteiger partial charge in [0.15, 0.2) is 0 Å². The van der Waals surface area contributed by atoms with Crippen molar-refractivity contribution in [3.8, 4) is 0 Å². The lowest BCUT2D eigenvalue weighted by molar-refractivity contribution is -0.00000153. The Labute approximate surface area is 81.0 Å². The van der Waals surface area contributed by atoms with E-state index in [1.165, 1.54) is 0 Å². The number of alkyl halides is 1. The van der Waals surface area contributed by atoms with Crippen LogP contribution in [0.4, 0.5) is 0 Å². The SMILES string of the molecule is CN1C=CC=CC1Br.[I-]. The Morgan fingerprint density at radius 3 is 2.44 bits per heavy atom. The highest BCUT2D eigenvalue weighted by Gasteiger charge is 2.02. The van der Waals surface area contributed by atoms with Crippen LogP contribution < -0.4 is 24.0 Å². The van der Waals surface area contributed by atoms with Gasteiger partial charge in [0, 0.05) is 13.2 Å². The summed E-state index contributed by atoms with van der Waals surface area (Å²) in [7, 11) is 2.03. The van der Waals surface area contributed by atoms with Gasteiger partial charge in [-0.15, -0.1) is 0 Å². The highest BCUT2D eigenvalue weighted by molar-refractivity contribution is 9.09. The van der Waals surface area contributed by atoms with Crippen LogP contribution in [-0.2, 0) is 0 Å². The average Bonchev–Trinajstić information content (AvgIpc) is 1.77. The van der Waals surface area contributed by atoms with E-state index in [1.807, 2.05) is 25.4 Å². The van der Waals surface area contributed by atoms with Crippen LogP contribution in [0.1, 0.15) is 0 Å². The van der Waals surface area contributed by atoms with Gasteiger partial charge in [-0.1, -0.05) is 28.1 Å². The summed E-state index contributed by atoms with van der Waals surface area (Å²) in [5.41, 5.74) is 0. The summed E-state index contributed by atoms with van der Waals surface area (Å²) in [4.78, 5) is 2.47. The van der Waals surface area contributed by atoms with Crippen molar-refractivity contribution in [2.24, 2.45) is 0 Å². The molecule has 0 saturated heterocycles. The van der Waals surface area contributed by atoms with E-state index in [0.717, 1.165) is 0 Å². The molecule has 0 saturated carbocycles. The molecule has 0 aromatic rings. The second-order valence-corrected chi connectivity index (χ2v) is 2.70. The molecule has 52 valence electrons. The van der Waals surface area contributed by atoms with E-state index >= 15 is 0 Å². The molecule has 1 aliphatic rings. The van der Waals surface area contributed by atoms with Gasteiger partial charge >= 0.3 is 0 Å². The Kier molecular flexibility index (Phi) is 4.56. The third-order valence-electron chi connectivity index (χ3n) is 1.09. The fourth-order valence-corrected chi connectivity index (χ4v) is 0.872. The Balaban J connectivity index is 0.000000640. The molecule has 1 unspecified atom stereocenters. The third kappa shape index (κ3) is 2.71. The molecular formula is C6H8BrIN-. The van der Waals surface area contributed by atoms with E-state index in [2.05, 4.69) is 26.9 Å². The number of nitrogens with zero attached hydrogens (tertiary/aromatic N) is 1. The standard InChI is InChI=1S/C6H8BrN.HI/c1-8-5-3-2-4-6(8)7;/h2-6H,1H3;1H/p-1. The minimum atomic E-state index is 0. The van der Waals surface area contributed by atoms with Crippen LogP contribution >= 0.6 is 15.9 Å². The molecule has 9 heavy (non-hydrogen) atoms. The van der Waals surface area contributed by atoms with Crippen LogP contribution in [0.25, 0.3) is 0 Å². The fourth-order valence-electron chi connectivity index (χ4n) is 0.559. The van der Waals surface area contributed by atoms with Gasteiger partial charge in [0.2, 0.25) is 0 Å². The first-order chi connectivity index (χ1) is 3.80. The van der Waals surface area contributed by atoms with Gasteiger partial charge in [0.05, 0.1) is 0 Å². The van der Waals surface area contributed by atoms with E-state index in [4.69, 9.17) is 0 Å². The van der Waals surface area contributed by atoms with Crippen molar-refractivity contribution in [2.75, 3.05) is 7.05 Å². The molecule has 1 rings (SSSR count). The first-order valence-electron chi connectivity index (χ1n) is 2.52. The molecule has 3 heteroatoms. The second kappa shape index (κ2) is 4.33. The largest absolute Gasteiger partial charge is 1.00 e. The fraction of sp³-hybridized carbons (Fsp3) is 0.333. The Hall–Kier alpha value is 0.490. The van der Waals surface area contributed by atoms with E-state index in [9.17, 15) is 0 Å². The van der Waals surface area contributed by atoms with E-state index in [1.54, 1.807) is 0 Å². The van der Waals surface area contributed by atoms with Crippen LogP contribution in [-0.4, -0.2) is 16.9 Å². The van der Waals surface area contributed by atoms with Crippen LogP contribution in [0.5, 0.6) is 0 Å². The number of hydrogen-bond donors (Lipinski definition) is 0. The molecule has 0 aliphatic carbocycles. The Bertz CT molecular complexity index is 117. The summed E-state index contributed by atoms with van der Waals surface area (Å²) in [6.07, 6.45) is 8.15. The molecular weight excluding hydrogens is 293 g/mol. The predicted molar refractivity (Wildman–Crippen MR) is 38.8 cm³/mol. The molecule has 1 atom stereocenters. The molecule has 0 bridgehead atoms. The van der Waals surface area contributed by atoms with Crippen LogP contribution in [0, 0.1) is 0 Å². The summed E-state index contributed by atoms with van der Waals surface area (Å²) in [6.45, 7) is 0. The minimum Gasteiger partial charge on any atom is -1.00 e. The third-order valence-corrected chi connectivity index (χ3v) is 2.04. The Morgan fingerprint density at radius 2 is 2.11 bits per heavy atom.